The molecule has 0 amide bonds. The van der Waals surface area contributed by atoms with Gasteiger partial charge in [0.1, 0.15) is 0 Å². The zero-order chi connectivity index (χ0) is 16.1. The fourth-order valence-electron chi connectivity index (χ4n) is 1.78. The number of carboxylic acids is 2. The molecule has 0 aliphatic carbocycles. The Morgan fingerprint density at radius 2 is 1.25 bits per heavy atom. The van der Waals surface area contributed by atoms with Crippen LogP contribution in [0.1, 0.15) is 33.1 Å². The SMILES string of the molecule is CC(O)CC(=O)C(CC(=O)O)(C(=O)O)C(=O)CC(C)O. The highest BCUT2D eigenvalue weighted by Gasteiger charge is 2.53. The Labute approximate surface area is 115 Å². The number of hydrogen-bond donors (Lipinski definition) is 4. The molecule has 0 radical (unpaired) electrons. The second-order valence-corrected chi connectivity index (χ2v) is 4.73. The molecule has 0 bridgehead atoms. The first-order chi connectivity index (χ1) is 9.03. The van der Waals surface area contributed by atoms with Gasteiger partial charge in [-0.05, 0) is 13.8 Å². The van der Waals surface area contributed by atoms with Crippen LogP contribution < -0.4 is 0 Å². The van der Waals surface area contributed by atoms with Gasteiger partial charge in [-0.15, -0.1) is 0 Å². The Morgan fingerprint density at radius 3 is 1.45 bits per heavy atom. The highest BCUT2D eigenvalue weighted by atomic mass is 16.4. The number of aliphatic hydroxyl groups is 2. The van der Waals surface area contributed by atoms with Gasteiger partial charge in [0.15, 0.2) is 17.0 Å². The molecule has 2 unspecified atom stereocenters. The van der Waals surface area contributed by atoms with Gasteiger partial charge in [0.05, 0.1) is 18.6 Å². The molecule has 4 N–H and O–H groups in total. The van der Waals surface area contributed by atoms with Crippen LogP contribution >= 0.6 is 0 Å². The van der Waals surface area contributed by atoms with E-state index in [9.17, 15) is 24.3 Å². The van der Waals surface area contributed by atoms with Crippen LogP contribution in [0.4, 0.5) is 0 Å². The maximum Gasteiger partial charge on any atom is 0.325 e. The number of carboxylic acid groups (broad SMARTS) is 2. The van der Waals surface area contributed by atoms with Crippen molar-refractivity contribution in [1.29, 1.82) is 0 Å². The van der Waals surface area contributed by atoms with E-state index in [0.717, 1.165) is 0 Å². The Morgan fingerprint density at radius 1 is 0.900 bits per heavy atom. The number of carbonyl (C=O) groups is 4. The molecule has 0 aromatic heterocycles. The highest BCUT2D eigenvalue weighted by Crippen LogP contribution is 2.30. The molecule has 0 spiro atoms. The Bertz CT molecular complexity index is 388. The normalized spacial score (nSPS) is 16.8. The summed E-state index contributed by atoms with van der Waals surface area (Å²) in [5, 5.41) is 36.2. The molecule has 0 rings (SSSR count). The molecular formula is C12H18O8. The molecule has 2 atom stereocenters. The summed E-state index contributed by atoms with van der Waals surface area (Å²) in [6.45, 7) is 2.43. The summed E-state index contributed by atoms with van der Waals surface area (Å²) < 4.78 is 0. The summed E-state index contributed by atoms with van der Waals surface area (Å²) in [4.78, 5) is 46.1. The monoisotopic (exact) mass is 290 g/mol. The van der Waals surface area contributed by atoms with Gasteiger partial charge in [0.2, 0.25) is 0 Å². The number of carbonyl (C=O) groups excluding carboxylic acids is 2. The van der Waals surface area contributed by atoms with Crippen LogP contribution in [0.5, 0.6) is 0 Å². The lowest BCUT2D eigenvalue weighted by Crippen LogP contribution is -2.49. The van der Waals surface area contributed by atoms with Crippen LogP contribution in [0.15, 0.2) is 0 Å². The number of ketones is 2. The number of Topliss-reactive ketones (excluding diaryl/α,β-unsaturated/α-hetero) is 2. The second kappa shape index (κ2) is 7.11. The van der Waals surface area contributed by atoms with E-state index in [1.807, 2.05) is 0 Å². The number of aliphatic hydroxyl groups excluding tert-OH is 2. The predicted molar refractivity (Wildman–Crippen MR) is 64.9 cm³/mol. The zero-order valence-electron chi connectivity index (χ0n) is 11.2. The third-order valence-electron chi connectivity index (χ3n) is 2.70. The molecule has 0 aliphatic heterocycles. The lowest BCUT2D eigenvalue weighted by atomic mass is 9.73. The lowest BCUT2D eigenvalue weighted by Gasteiger charge is -2.26. The average molecular weight is 290 g/mol. The van der Waals surface area contributed by atoms with Crippen molar-refractivity contribution in [2.75, 3.05) is 0 Å². The Kier molecular flexibility index (Phi) is 6.47. The van der Waals surface area contributed by atoms with Gasteiger partial charge < -0.3 is 20.4 Å². The second-order valence-electron chi connectivity index (χ2n) is 4.73. The van der Waals surface area contributed by atoms with Crippen LogP contribution in [0.2, 0.25) is 0 Å². The molecule has 0 aliphatic rings. The third-order valence-corrected chi connectivity index (χ3v) is 2.70. The van der Waals surface area contributed by atoms with Crippen molar-refractivity contribution in [3.63, 3.8) is 0 Å². The average Bonchev–Trinajstić information content (AvgIpc) is 2.22. The van der Waals surface area contributed by atoms with Gasteiger partial charge in [-0.2, -0.15) is 0 Å². The van der Waals surface area contributed by atoms with E-state index in [0.29, 0.717) is 0 Å². The largest absolute Gasteiger partial charge is 0.481 e. The van der Waals surface area contributed by atoms with Crippen LogP contribution in [-0.4, -0.2) is 56.1 Å². The first-order valence-corrected chi connectivity index (χ1v) is 5.92. The van der Waals surface area contributed by atoms with Crippen molar-refractivity contribution in [1.82, 2.24) is 0 Å². The summed E-state index contributed by atoms with van der Waals surface area (Å²) >= 11 is 0. The van der Waals surface area contributed by atoms with Crippen molar-refractivity contribution >= 4 is 23.5 Å². The van der Waals surface area contributed by atoms with E-state index in [-0.39, 0.29) is 0 Å². The van der Waals surface area contributed by atoms with Crippen molar-refractivity contribution in [3.05, 3.63) is 0 Å². The van der Waals surface area contributed by atoms with Gasteiger partial charge in [0, 0.05) is 12.8 Å². The van der Waals surface area contributed by atoms with Crippen molar-refractivity contribution in [3.8, 4) is 0 Å². The fraction of sp³-hybridized carbons (Fsp3) is 0.667. The predicted octanol–water partition coefficient (Wildman–Crippen LogP) is -0.788. The summed E-state index contributed by atoms with van der Waals surface area (Å²) in [7, 11) is 0. The first-order valence-electron chi connectivity index (χ1n) is 5.92. The van der Waals surface area contributed by atoms with Gasteiger partial charge in [-0.25, -0.2) is 0 Å². The highest BCUT2D eigenvalue weighted by molar-refractivity contribution is 6.23. The molecule has 20 heavy (non-hydrogen) atoms. The molecular weight excluding hydrogens is 272 g/mol. The first kappa shape index (κ1) is 18.2. The van der Waals surface area contributed by atoms with Crippen LogP contribution in [0.3, 0.4) is 0 Å². The number of hydrogen-bond acceptors (Lipinski definition) is 6. The maximum atomic E-state index is 12.0. The van der Waals surface area contributed by atoms with Crippen molar-refractivity contribution < 1.29 is 39.6 Å². The van der Waals surface area contributed by atoms with E-state index >= 15 is 0 Å². The molecule has 0 fully saturated rings. The molecule has 8 heteroatoms. The van der Waals surface area contributed by atoms with E-state index in [4.69, 9.17) is 15.3 Å². The molecule has 0 heterocycles. The standard InChI is InChI=1S/C12H18O8/c1-6(13)3-8(15)12(11(19)20,5-10(17)18)9(16)4-7(2)14/h6-7,13-14H,3-5H2,1-2H3,(H,17,18)(H,19,20). The molecule has 0 saturated carbocycles. The molecule has 0 saturated heterocycles. The Hall–Kier alpha value is -1.80. The van der Waals surface area contributed by atoms with E-state index in [1.165, 1.54) is 13.8 Å². The molecule has 8 nitrogen and oxygen atoms in total. The van der Waals surface area contributed by atoms with Crippen LogP contribution in [0, 0.1) is 5.41 Å². The summed E-state index contributed by atoms with van der Waals surface area (Å²) in [5.41, 5.74) is -2.78. The van der Waals surface area contributed by atoms with Crippen LogP contribution in [-0.2, 0) is 19.2 Å². The van der Waals surface area contributed by atoms with E-state index in [1.54, 1.807) is 0 Å². The zero-order valence-corrected chi connectivity index (χ0v) is 11.2. The minimum Gasteiger partial charge on any atom is -0.481 e. The quantitative estimate of drug-likeness (QED) is 0.404. The third kappa shape index (κ3) is 4.39. The van der Waals surface area contributed by atoms with Crippen LogP contribution in [0.25, 0.3) is 0 Å². The van der Waals surface area contributed by atoms with Gasteiger partial charge in [-0.1, -0.05) is 0 Å². The minimum absolute atomic E-state index is 0.662. The number of aliphatic carboxylic acids is 2. The van der Waals surface area contributed by atoms with Gasteiger partial charge in [-0.3, -0.25) is 19.2 Å². The minimum atomic E-state index is -2.78. The van der Waals surface area contributed by atoms with Gasteiger partial charge >= 0.3 is 11.9 Å². The summed E-state index contributed by atoms with van der Waals surface area (Å²) in [6, 6.07) is 0. The lowest BCUT2D eigenvalue weighted by molar-refractivity contribution is -0.166. The van der Waals surface area contributed by atoms with E-state index in [2.05, 4.69) is 0 Å². The van der Waals surface area contributed by atoms with Gasteiger partial charge in [0.25, 0.3) is 0 Å². The smallest absolute Gasteiger partial charge is 0.325 e. The maximum absolute atomic E-state index is 12.0. The Balaban J connectivity index is 5.69. The topological polar surface area (TPSA) is 149 Å². The fourth-order valence-corrected chi connectivity index (χ4v) is 1.78. The molecule has 114 valence electrons. The number of rotatable bonds is 9. The summed E-state index contributed by atoms with van der Waals surface area (Å²) in [5.74, 6) is -5.90. The van der Waals surface area contributed by atoms with E-state index < -0.39 is 60.4 Å². The summed E-state index contributed by atoms with van der Waals surface area (Å²) in [6.07, 6.45) is -4.97. The van der Waals surface area contributed by atoms with Crippen molar-refractivity contribution in [2.45, 2.75) is 45.3 Å². The molecule has 0 aromatic carbocycles. The molecule has 0 aromatic rings. The van der Waals surface area contributed by atoms with Crippen molar-refractivity contribution in [2.24, 2.45) is 5.41 Å².